The van der Waals surface area contributed by atoms with Crippen molar-refractivity contribution in [2.45, 2.75) is 45.8 Å². The lowest BCUT2D eigenvalue weighted by atomic mass is 10.1. The predicted octanol–water partition coefficient (Wildman–Crippen LogP) is 2.19. The number of hydrogen-bond donors (Lipinski definition) is 1. The lowest BCUT2D eigenvalue weighted by Gasteiger charge is -2.35. The molecule has 2 aliphatic heterocycles. The third-order valence-electron chi connectivity index (χ3n) is 5.66. The van der Waals surface area contributed by atoms with E-state index in [-0.39, 0.29) is 18.0 Å². The minimum atomic E-state index is 0.0418. The molecular formula is C20H25N7O2. The van der Waals surface area contributed by atoms with Gasteiger partial charge in [0.05, 0.1) is 37.2 Å². The van der Waals surface area contributed by atoms with Gasteiger partial charge >= 0.3 is 0 Å². The van der Waals surface area contributed by atoms with Crippen molar-refractivity contribution in [2.24, 2.45) is 0 Å². The van der Waals surface area contributed by atoms with Crippen LogP contribution in [0.5, 0.6) is 0 Å². The number of H-pyrrole nitrogens is 1. The Labute approximate surface area is 168 Å². The molecule has 0 aromatic carbocycles. The number of aromatic nitrogens is 5. The van der Waals surface area contributed by atoms with Crippen LogP contribution in [0.4, 0.5) is 11.5 Å². The van der Waals surface area contributed by atoms with Gasteiger partial charge in [0.2, 0.25) is 5.91 Å². The summed E-state index contributed by atoms with van der Waals surface area (Å²) >= 11 is 0. The van der Waals surface area contributed by atoms with Gasteiger partial charge in [0, 0.05) is 31.3 Å². The highest BCUT2D eigenvalue weighted by Gasteiger charge is 2.31. The number of carbonyl (C=O) groups is 1. The van der Waals surface area contributed by atoms with Crippen molar-refractivity contribution in [3.05, 3.63) is 18.3 Å². The first kappa shape index (κ1) is 18.1. The molecule has 1 N–H and O–H groups in total. The number of amides is 1. The van der Waals surface area contributed by atoms with Crippen LogP contribution >= 0.6 is 0 Å². The maximum absolute atomic E-state index is 12.9. The molecule has 1 fully saturated rings. The van der Waals surface area contributed by atoms with E-state index in [9.17, 15) is 4.79 Å². The second-order valence-electron chi connectivity index (χ2n) is 7.96. The van der Waals surface area contributed by atoms with E-state index >= 15 is 0 Å². The minimum absolute atomic E-state index is 0.0418. The van der Waals surface area contributed by atoms with E-state index in [0.717, 1.165) is 40.5 Å². The number of aryl methyl sites for hydroxylation is 1. The fourth-order valence-electron chi connectivity index (χ4n) is 4.30. The van der Waals surface area contributed by atoms with Gasteiger partial charge in [-0.05, 0) is 26.8 Å². The fourth-order valence-corrected chi connectivity index (χ4v) is 4.30. The highest BCUT2D eigenvalue weighted by atomic mass is 16.5. The number of morpholine rings is 1. The van der Waals surface area contributed by atoms with Crippen LogP contribution < -0.4 is 9.80 Å². The Kier molecular flexibility index (Phi) is 4.27. The van der Waals surface area contributed by atoms with Crippen LogP contribution in [0.15, 0.2) is 18.3 Å². The second-order valence-corrected chi connectivity index (χ2v) is 7.96. The first-order valence-corrected chi connectivity index (χ1v) is 10.1. The number of carbonyl (C=O) groups excluding carboxylic acids is 1. The molecule has 0 bridgehead atoms. The maximum Gasteiger partial charge on any atom is 0.229 e. The van der Waals surface area contributed by atoms with E-state index in [4.69, 9.17) is 14.8 Å². The van der Waals surface area contributed by atoms with Crippen LogP contribution in [-0.4, -0.2) is 62.7 Å². The van der Waals surface area contributed by atoms with Crippen molar-refractivity contribution < 1.29 is 9.53 Å². The first-order valence-electron chi connectivity index (χ1n) is 10.1. The van der Waals surface area contributed by atoms with Crippen LogP contribution in [-0.2, 0) is 16.1 Å². The molecular weight excluding hydrogens is 370 g/mol. The molecule has 5 heterocycles. The topological polar surface area (TPSA) is 92.2 Å². The van der Waals surface area contributed by atoms with Crippen molar-refractivity contribution >= 4 is 28.4 Å². The average Bonchev–Trinajstić information content (AvgIpc) is 3.31. The van der Waals surface area contributed by atoms with Gasteiger partial charge in [-0.15, -0.1) is 0 Å². The van der Waals surface area contributed by atoms with Crippen LogP contribution in [0.1, 0.15) is 27.2 Å². The monoisotopic (exact) mass is 395 g/mol. The second kappa shape index (κ2) is 6.84. The van der Waals surface area contributed by atoms with Crippen LogP contribution in [0.2, 0.25) is 0 Å². The van der Waals surface area contributed by atoms with Gasteiger partial charge in [0.25, 0.3) is 0 Å². The molecule has 0 saturated carbocycles. The van der Waals surface area contributed by atoms with Gasteiger partial charge in [-0.3, -0.25) is 14.6 Å². The molecule has 1 amide bonds. The predicted molar refractivity (Wildman–Crippen MR) is 110 cm³/mol. The van der Waals surface area contributed by atoms with Gasteiger partial charge in [-0.1, -0.05) is 0 Å². The summed E-state index contributed by atoms with van der Waals surface area (Å²) in [6.07, 6.45) is 2.13. The fraction of sp³-hybridized carbons (Fsp3) is 0.500. The quantitative estimate of drug-likeness (QED) is 0.731. The summed E-state index contributed by atoms with van der Waals surface area (Å²) in [5.74, 6) is 0.964. The highest BCUT2D eigenvalue weighted by molar-refractivity contribution is 6.06. The zero-order valence-corrected chi connectivity index (χ0v) is 16.9. The minimum Gasteiger partial charge on any atom is -0.377 e. The molecule has 2 aliphatic rings. The Morgan fingerprint density at radius 3 is 2.90 bits per heavy atom. The highest BCUT2D eigenvalue weighted by Crippen LogP contribution is 2.38. The third kappa shape index (κ3) is 2.88. The van der Waals surface area contributed by atoms with Gasteiger partial charge in [0.1, 0.15) is 22.5 Å². The summed E-state index contributed by atoms with van der Waals surface area (Å²) in [6.45, 7) is 8.85. The zero-order valence-electron chi connectivity index (χ0n) is 16.9. The van der Waals surface area contributed by atoms with E-state index in [2.05, 4.69) is 22.0 Å². The number of hydrogen-bond acceptors (Lipinski definition) is 6. The molecule has 1 atom stereocenters. The Balaban J connectivity index is 1.79. The van der Waals surface area contributed by atoms with E-state index < -0.39 is 0 Å². The maximum atomic E-state index is 12.9. The molecule has 0 radical (unpaired) electrons. The lowest BCUT2D eigenvalue weighted by Crippen LogP contribution is -2.44. The molecule has 152 valence electrons. The Hall–Kier alpha value is -2.94. The summed E-state index contributed by atoms with van der Waals surface area (Å²) in [6, 6.07) is 4.19. The summed E-state index contributed by atoms with van der Waals surface area (Å²) in [5, 5.41) is 11.9. The van der Waals surface area contributed by atoms with Gasteiger partial charge < -0.3 is 14.5 Å². The van der Waals surface area contributed by atoms with Crippen molar-refractivity contribution in [1.82, 2.24) is 25.0 Å². The van der Waals surface area contributed by atoms with E-state index in [1.807, 2.05) is 35.6 Å². The van der Waals surface area contributed by atoms with Crippen molar-refractivity contribution in [2.75, 3.05) is 29.6 Å². The summed E-state index contributed by atoms with van der Waals surface area (Å²) in [7, 11) is 0. The number of nitrogens with zero attached hydrogens (tertiary/aromatic N) is 6. The average molecular weight is 395 g/mol. The number of nitrogens with one attached hydrogen (secondary N) is 1. The Morgan fingerprint density at radius 1 is 1.31 bits per heavy atom. The number of ether oxygens (including phenoxy) is 1. The number of rotatable bonds is 3. The molecule has 9 nitrogen and oxygen atoms in total. The largest absolute Gasteiger partial charge is 0.377 e. The van der Waals surface area contributed by atoms with E-state index in [1.165, 1.54) is 0 Å². The number of aromatic amines is 1. The molecule has 29 heavy (non-hydrogen) atoms. The molecule has 3 aromatic rings. The molecule has 1 saturated heterocycles. The van der Waals surface area contributed by atoms with Gasteiger partial charge in [0.15, 0.2) is 0 Å². The molecule has 5 rings (SSSR count). The van der Waals surface area contributed by atoms with E-state index in [1.54, 1.807) is 6.20 Å². The van der Waals surface area contributed by atoms with Crippen LogP contribution in [0.3, 0.4) is 0 Å². The normalized spacial score (nSPS) is 20.0. The molecule has 9 heteroatoms. The number of anilines is 2. The standard InChI is InChI=1S/C20H25N7O2/c1-12(2)27-15-10-16(25-8-9-29-11-13(25)3)22-19-18(14-4-6-21-23-14)24-26(20(15)19)7-5-17(27)28/h4,6,10,12-13H,5,7-9,11H2,1-3H3,(H,21,23)/t13-/m1/s1. The molecule has 3 aromatic heterocycles. The van der Waals surface area contributed by atoms with Crippen molar-refractivity contribution in [3.63, 3.8) is 0 Å². The van der Waals surface area contributed by atoms with Crippen molar-refractivity contribution in [1.29, 1.82) is 0 Å². The van der Waals surface area contributed by atoms with Gasteiger partial charge in [-0.2, -0.15) is 10.2 Å². The molecule has 0 spiro atoms. The van der Waals surface area contributed by atoms with E-state index in [0.29, 0.717) is 26.2 Å². The van der Waals surface area contributed by atoms with Crippen molar-refractivity contribution in [3.8, 4) is 11.4 Å². The molecule has 0 unspecified atom stereocenters. The summed E-state index contributed by atoms with van der Waals surface area (Å²) in [5.41, 5.74) is 4.15. The SMILES string of the molecule is CC(C)N1C(=O)CCn2nc(-c3ccn[nH]3)c3nc(N4CCOC[C@H]4C)cc1c32. The zero-order chi connectivity index (χ0) is 20.1. The first-order chi connectivity index (χ1) is 14.0. The Morgan fingerprint density at radius 2 is 2.17 bits per heavy atom. The number of pyridine rings is 1. The Bertz CT molecular complexity index is 1060. The summed E-state index contributed by atoms with van der Waals surface area (Å²) < 4.78 is 7.53. The van der Waals surface area contributed by atoms with Crippen LogP contribution in [0, 0.1) is 0 Å². The summed E-state index contributed by atoms with van der Waals surface area (Å²) in [4.78, 5) is 22.1. The smallest absolute Gasteiger partial charge is 0.229 e. The van der Waals surface area contributed by atoms with Gasteiger partial charge in [-0.25, -0.2) is 4.98 Å². The molecule has 0 aliphatic carbocycles. The van der Waals surface area contributed by atoms with Crippen LogP contribution in [0.25, 0.3) is 22.4 Å². The lowest BCUT2D eigenvalue weighted by molar-refractivity contribution is -0.119. The third-order valence-corrected chi connectivity index (χ3v) is 5.66.